The first-order valence-electron chi connectivity index (χ1n) is 7.14. The van der Waals surface area contributed by atoms with Gasteiger partial charge in [0, 0.05) is 18.7 Å². The summed E-state index contributed by atoms with van der Waals surface area (Å²) in [6.45, 7) is 5.62. The Hall–Kier alpha value is -2.83. The van der Waals surface area contributed by atoms with E-state index in [2.05, 4.69) is 20.8 Å². The Morgan fingerprint density at radius 2 is 1.86 bits per heavy atom. The fourth-order valence-electron chi connectivity index (χ4n) is 2.04. The van der Waals surface area contributed by atoms with Crippen molar-refractivity contribution >= 4 is 23.2 Å². The van der Waals surface area contributed by atoms with Crippen molar-refractivity contribution in [2.45, 2.75) is 13.8 Å². The molecule has 7 nitrogen and oxygen atoms in total. The molecule has 2 rings (SSSR count). The number of hydrogen-bond donors (Lipinski definition) is 3. The maximum atomic E-state index is 12.0. The van der Waals surface area contributed by atoms with Gasteiger partial charge in [-0.25, -0.2) is 9.97 Å². The van der Waals surface area contributed by atoms with Crippen LogP contribution in [0.4, 0.5) is 17.3 Å². The second kappa shape index (κ2) is 7.26. The van der Waals surface area contributed by atoms with Crippen LogP contribution in [0.15, 0.2) is 36.7 Å². The third-order valence-corrected chi connectivity index (χ3v) is 3.26. The number of nitrogens with one attached hydrogen (secondary N) is 2. The van der Waals surface area contributed by atoms with Crippen molar-refractivity contribution in [1.29, 1.82) is 0 Å². The number of anilines is 3. The monoisotopic (exact) mass is 300 g/mol. The minimum absolute atomic E-state index is 0.261. The summed E-state index contributed by atoms with van der Waals surface area (Å²) in [5.74, 6) is 0.764. The number of carbonyl (C=O) groups excluding carboxylic acids is 1. The zero-order valence-electron chi connectivity index (χ0n) is 12.7. The Labute approximate surface area is 129 Å². The van der Waals surface area contributed by atoms with E-state index in [0.717, 1.165) is 13.1 Å². The molecule has 0 fully saturated rings. The van der Waals surface area contributed by atoms with Crippen LogP contribution in [0.25, 0.3) is 0 Å². The van der Waals surface area contributed by atoms with E-state index >= 15 is 0 Å². The lowest BCUT2D eigenvalue weighted by Gasteiger charge is -2.22. The number of hydrogen-bond acceptors (Lipinski definition) is 6. The number of rotatable bonds is 6. The Bertz CT molecular complexity index is 627. The number of benzene rings is 1. The molecule has 1 amide bonds. The molecule has 0 radical (unpaired) electrons. The number of carbonyl (C=O) groups is 1. The fourth-order valence-corrected chi connectivity index (χ4v) is 2.04. The van der Waals surface area contributed by atoms with Gasteiger partial charge in [-0.05, 0) is 26.0 Å². The van der Waals surface area contributed by atoms with Gasteiger partial charge in [0.05, 0.1) is 0 Å². The first-order valence-corrected chi connectivity index (χ1v) is 7.14. The van der Waals surface area contributed by atoms with Crippen LogP contribution >= 0.6 is 0 Å². The van der Waals surface area contributed by atoms with E-state index in [0.29, 0.717) is 22.9 Å². The van der Waals surface area contributed by atoms with Crippen molar-refractivity contribution in [3.63, 3.8) is 0 Å². The van der Waals surface area contributed by atoms with Crippen LogP contribution in [0, 0.1) is 0 Å². The number of nitrogens with zero attached hydrogens (tertiary/aromatic N) is 3. The van der Waals surface area contributed by atoms with Crippen LogP contribution in [0.1, 0.15) is 24.2 Å². The summed E-state index contributed by atoms with van der Waals surface area (Å²) < 4.78 is 0. The second-order valence-electron chi connectivity index (χ2n) is 4.58. The second-order valence-corrected chi connectivity index (χ2v) is 4.58. The molecule has 0 aliphatic rings. The van der Waals surface area contributed by atoms with Gasteiger partial charge in [0.25, 0.3) is 5.91 Å². The van der Waals surface area contributed by atoms with E-state index in [1.807, 2.05) is 24.8 Å². The summed E-state index contributed by atoms with van der Waals surface area (Å²) in [6.07, 6.45) is 1.42. The smallest absolute Gasteiger partial charge is 0.269 e. The average Bonchev–Trinajstić information content (AvgIpc) is 2.57. The molecular weight excluding hydrogens is 280 g/mol. The number of aromatic nitrogens is 2. The van der Waals surface area contributed by atoms with Crippen molar-refractivity contribution in [2.75, 3.05) is 29.1 Å². The molecule has 1 aromatic carbocycles. The van der Waals surface area contributed by atoms with E-state index in [1.54, 1.807) is 24.3 Å². The molecule has 0 atom stereocenters. The quantitative estimate of drug-likeness (QED) is 0.702. The molecule has 22 heavy (non-hydrogen) atoms. The van der Waals surface area contributed by atoms with E-state index in [4.69, 9.17) is 5.73 Å². The third kappa shape index (κ3) is 3.43. The topological polar surface area (TPSA) is 96.2 Å². The van der Waals surface area contributed by atoms with Gasteiger partial charge in [0.15, 0.2) is 11.6 Å². The van der Waals surface area contributed by atoms with Crippen LogP contribution in [0.5, 0.6) is 0 Å². The van der Waals surface area contributed by atoms with Gasteiger partial charge in [0.2, 0.25) is 0 Å². The molecule has 2 aromatic rings. The van der Waals surface area contributed by atoms with Gasteiger partial charge in [0.1, 0.15) is 12.0 Å². The summed E-state index contributed by atoms with van der Waals surface area (Å²) in [5, 5.41) is 0. The highest BCUT2D eigenvalue weighted by atomic mass is 16.2. The number of hydrazine groups is 1. The van der Waals surface area contributed by atoms with Gasteiger partial charge in [-0.1, -0.05) is 18.2 Å². The number of nitrogen functional groups attached to an aromatic ring is 1. The highest BCUT2D eigenvalue weighted by molar-refractivity contribution is 5.95. The van der Waals surface area contributed by atoms with Crippen LogP contribution in [0.3, 0.4) is 0 Å². The molecule has 0 saturated heterocycles. The summed E-state index contributed by atoms with van der Waals surface area (Å²) in [5.41, 5.74) is 12.4. The van der Waals surface area contributed by atoms with Crippen LogP contribution in [0.2, 0.25) is 0 Å². The predicted molar refractivity (Wildman–Crippen MR) is 87.5 cm³/mol. The molecule has 0 spiro atoms. The standard InChI is InChI=1S/C15H20N6O/c1-3-21(4-2)14-12(16)13(17-10-18-14)19-20-15(22)11-8-6-5-7-9-11/h5-10H,3-4,16H2,1-2H3,(H,20,22)(H,17,18,19). The number of nitrogens with two attached hydrogens (primary N) is 1. The highest BCUT2D eigenvalue weighted by Gasteiger charge is 2.13. The maximum absolute atomic E-state index is 12.0. The lowest BCUT2D eigenvalue weighted by atomic mass is 10.2. The molecule has 1 heterocycles. The average molecular weight is 300 g/mol. The zero-order valence-corrected chi connectivity index (χ0v) is 12.7. The Balaban J connectivity index is 2.10. The molecule has 0 bridgehead atoms. The predicted octanol–water partition coefficient (Wildman–Crippen LogP) is 1.66. The molecule has 1 aromatic heterocycles. The SMILES string of the molecule is CCN(CC)c1ncnc(NNC(=O)c2ccccc2)c1N. The minimum Gasteiger partial charge on any atom is -0.393 e. The molecule has 7 heteroatoms. The maximum Gasteiger partial charge on any atom is 0.269 e. The summed E-state index contributed by atoms with van der Waals surface area (Å²) >= 11 is 0. The van der Waals surface area contributed by atoms with Gasteiger partial charge in [-0.2, -0.15) is 0 Å². The van der Waals surface area contributed by atoms with Crippen molar-refractivity contribution < 1.29 is 4.79 Å². The van der Waals surface area contributed by atoms with Crippen LogP contribution in [-0.4, -0.2) is 29.0 Å². The normalized spacial score (nSPS) is 10.1. The van der Waals surface area contributed by atoms with Gasteiger partial charge in [-0.3, -0.25) is 15.6 Å². The first kappa shape index (κ1) is 15.6. The number of amides is 1. The Morgan fingerprint density at radius 3 is 2.50 bits per heavy atom. The van der Waals surface area contributed by atoms with Crippen molar-refractivity contribution in [1.82, 2.24) is 15.4 Å². The van der Waals surface area contributed by atoms with Crippen molar-refractivity contribution in [2.24, 2.45) is 0 Å². The summed E-state index contributed by atoms with van der Waals surface area (Å²) in [4.78, 5) is 22.3. The lowest BCUT2D eigenvalue weighted by molar-refractivity contribution is 0.0962. The first-order chi connectivity index (χ1) is 10.7. The third-order valence-electron chi connectivity index (χ3n) is 3.26. The van der Waals surface area contributed by atoms with E-state index in [9.17, 15) is 4.79 Å². The molecule has 0 saturated carbocycles. The van der Waals surface area contributed by atoms with Crippen molar-refractivity contribution in [3.8, 4) is 0 Å². The largest absolute Gasteiger partial charge is 0.393 e. The Kier molecular flexibility index (Phi) is 5.13. The lowest BCUT2D eigenvalue weighted by Crippen LogP contribution is -2.31. The molecule has 0 aliphatic heterocycles. The molecule has 0 aliphatic carbocycles. The van der Waals surface area contributed by atoms with Gasteiger partial charge >= 0.3 is 0 Å². The molecular formula is C15H20N6O. The van der Waals surface area contributed by atoms with E-state index in [-0.39, 0.29) is 5.91 Å². The molecule has 116 valence electrons. The van der Waals surface area contributed by atoms with Gasteiger partial charge < -0.3 is 10.6 Å². The van der Waals surface area contributed by atoms with E-state index in [1.165, 1.54) is 6.33 Å². The fraction of sp³-hybridized carbons (Fsp3) is 0.267. The zero-order chi connectivity index (χ0) is 15.9. The minimum atomic E-state index is -0.261. The molecule has 0 unspecified atom stereocenters. The summed E-state index contributed by atoms with van der Waals surface area (Å²) in [6, 6.07) is 8.89. The van der Waals surface area contributed by atoms with Crippen LogP contribution < -0.4 is 21.5 Å². The highest BCUT2D eigenvalue weighted by Crippen LogP contribution is 2.25. The van der Waals surface area contributed by atoms with Crippen molar-refractivity contribution in [3.05, 3.63) is 42.2 Å². The Morgan fingerprint density at radius 1 is 1.18 bits per heavy atom. The summed E-state index contributed by atoms with van der Waals surface area (Å²) in [7, 11) is 0. The van der Waals surface area contributed by atoms with E-state index < -0.39 is 0 Å². The molecule has 4 N–H and O–H groups in total. The van der Waals surface area contributed by atoms with Crippen LogP contribution in [-0.2, 0) is 0 Å². The van der Waals surface area contributed by atoms with Gasteiger partial charge in [-0.15, -0.1) is 0 Å².